The van der Waals surface area contributed by atoms with E-state index in [1.54, 1.807) is 41.3 Å². The van der Waals surface area contributed by atoms with Crippen molar-refractivity contribution in [1.29, 1.82) is 0 Å². The zero-order chi connectivity index (χ0) is 29.0. The van der Waals surface area contributed by atoms with Gasteiger partial charge >= 0.3 is 0 Å². The molecule has 3 aliphatic rings. The molecule has 4 atom stereocenters. The van der Waals surface area contributed by atoms with Crippen molar-refractivity contribution in [1.82, 2.24) is 4.90 Å². The predicted molar refractivity (Wildman–Crippen MR) is 153 cm³/mol. The van der Waals surface area contributed by atoms with Crippen LogP contribution in [-0.4, -0.2) is 41.2 Å². The van der Waals surface area contributed by atoms with Gasteiger partial charge in [0.05, 0.1) is 12.0 Å². The molecule has 1 saturated carbocycles. The van der Waals surface area contributed by atoms with Gasteiger partial charge in [-0.2, -0.15) is 0 Å². The van der Waals surface area contributed by atoms with Crippen molar-refractivity contribution in [2.24, 2.45) is 17.6 Å². The van der Waals surface area contributed by atoms with E-state index in [0.29, 0.717) is 33.9 Å². The molecule has 4 unspecified atom stereocenters. The summed E-state index contributed by atoms with van der Waals surface area (Å²) in [5.41, 5.74) is 8.61. The Labute approximate surface area is 241 Å². The molecule has 6 rings (SSSR count). The Bertz CT molecular complexity index is 1560. The molecule has 3 amide bonds. The van der Waals surface area contributed by atoms with Gasteiger partial charge in [-0.05, 0) is 68.1 Å². The normalized spacial score (nSPS) is 23.0. The number of fused-ring (bicyclic) bond motifs is 1. The van der Waals surface area contributed by atoms with Gasteiger partial charge in [-0.1, -0.05) is 18.2 Å². The highest BCUT2D eigenvalue weighted by Crippen LogP contribution is 2.54. The minimum Gasteiger partial charge on any atom is -0.454 e. The number of amides is 3. The fraction of sp³-hybridized carbons (Fsp3) is 0.355. The number of carbonyl (C=O) groups is 4. The highest BCUT2D eigenvalue weighted by Gasteiger charge is 2.58. The largest absolute Gasteiger partial charge is 0.454 e. The van der Waals surface area contributed by atoms with Crippen molar-refractivity contribution in [3.05, 3.63) is 75.0 Å². The molecule has 1 aliphatic carbocycles. The van der Waals surface area contributed by atoms with Crippen LogP contribution < -0.4 is 20.5 Å². The lowest BCUT2D eigenvalue weighted by atomic mass is 9.76. The van der Waals surface area contributed by atoms with Crippen LogP contribution in [0.5, 0.6) is 11.5 Å². The van der Waals surface area contributed by atoms with Crippen LogP contribution in [0.2, 0.25) is 0 Å². The van der Waals surface area contributed by atoms with E-state index in [9.17, 15) is 19.2 Å². The summed E-state index contributed by atoms with van der Waals surface area (Å²) < 4.78 is 11.2. The van der Waals surface area contributed by atoms with Crippen molar-refractivity contribution in [2.75, 3.05) is 12.1 Å². The number of nitrogens with two attached hydrogens (primary N) is 1. The minimum atomic E-state index is -1.06. The number of anilines is 1. The maximum absolute atomic E-state index is 14.6. The maximum atomic E-state index is 14.6. The van der Waals surface area contributed by atoms with E-state index in [4.69, 9.17) is 15.2 Å². The summed E-state index contributed by atoms with van der Waals surface area (Å²) in [6.07, 6.45) is 1.46. The van der Waals surface area contributed by atoms with Crippen LogP contribution in [0.15, 0.2) is 48.5 Å². The van der Waals surface area contributed by atoms with Crippen LogP contribution in [-0.2, 0) is 14.4 Å². The molecule has 9 nitrogen and oxygen atoms in total. The first-order chi connectivity index (χ1) is 19.6. The number of thiophene rings is 1. The van der Waals surface area contributed by atoms with E-state index < -0.39 is 29.8 Å². The molecule has 3 heterocycles. The monoisotopic (exact) mass is 573 g/mol. The van der Waals surface area contributed by atoms with E-state index in [1.807, 2.05) is 26.0 Å². The van der Waals surface area contributed by atoms with Gasteiger partial charge < -0.3 is 25.4 Å². The molecule has 0 bridgehead atoms. The number of hydrogen-bond acceptors (Lipinski definition) is 7. The van der Waals surface area contributed by atoms with Gasteiger partial charge in [0.1, 0.15) is 6.04 Å². The molecule has 1 aromatic heterocycles. The molecule has 3 N–H and O–H groups in total. The van der Waals surface area contributed by atoms with E-state index in [2.05, 4.69) is 5.32 Å². The fourth-order valence-electron chi connectivity index (χ4n) is 6.25. The van der Waals surface area contributed by atoms with Crippen LogP contribution in [0.4, 0.5) is 5.69 Å². The molecule has 2 aliphatic heterocycles. The van der Waals surface area contributed by atoms with Gasteiger partial charge in [0.15, 0.2) is 17.3 Å². The Morgan fingerprint density at radius 2 is 1.63 bits per heavy atom. The number of aryl methyl sites for hydroxylation is 2. The second kappa shape index (κ2) is 10.3. The molecule has 1 saturated heterocycles. The number of rotatable bonds is 7. The summed E-state index contributed by atoms with van der Waals surface area (Å²) in [6, 6.07) is 12.5. The predicted octanol–water partition coefficient (Wildman–Crippen LogP) is 4.48. The Hall–Kier alpha value is -4.18. The summed E-state index contributed by atoms with van der Waals surface area (Å²) in [4.78, 5) is 57.0. The zero-order valence-electron chi connectivity index (χ0n) is 23.0. The second-order valence-electron chi connectivity index (χ2n) is 11.0. The number of hydrogen-bond donors (Lipinski definition) is 2. The maximum Gasteiger partial charge on any atom is 0.240 e. The van der Waals surface area contributed by atoms with Crippen LogP contribution in [0.25, 0.3) is 0 Å². The summed E-state index contributed by atoms with van der Waals surface area (Å²) in [6.45, 7) is 5.36. The number of likely N-dealkylation sites (tertiary alicyclic amines) is 1. The van der Waals surface area contributed by atoms with E-state index >= 15 is 0 Å². The number of ether oxygens (including phenoxy) is 2. The van der Waals surface area contributed by atoms with Gasteiger partial charge in [0.2, 0.25) is 24.5 Å². The number of benzene rings is 2. The molecule has 41 heavy (non-hydrogen) atoms. The first-order valence-corrected chi connectivity index (χ1v) is 14.5. The third-order valence-electron chi connectivity index (χ3n) is 8.10. The quantitative estimate of drug-likeness (QED) is 0.401. The van der Waals surface area contributed by atoms with Gasteiger partial charge in [-0.3, -0.25) is 19.2 Å². The lowest BCUT2D eigenvalue weighted by molar-refractivity contribution is -0.140. The summed E-state index contributed by atoms with van der Waals surface area (Å²) in [5, 5.41) is 2.75. The first-order valence-electron chi connectivity index (χ1n) is 13.6. The van der Waals surface area contributed by atoms with Gasteiger partial charge in [0.25, 0.3) is 0 Å². The summed E-state index contributed by atoms with van der Waals surface area (Å²) in [7, 11) is 0. The number of carbonyl (C=O) groups excluding carboxylic acids is 4. The molecular formula is C31H31N3O6S. The Morgan fingerprint density at radius 3 is 2.24 bits per heavy atom. The molecular weight excluding hydrogens is 542 g/mol. The zero-order valence-corrected chi connectivity index (χ0v) is 23.8. The van der Waals surface area contributed by atoms with Crippen LogP contribution in [0.3, 0.4) is 0 Å². The van der Waals surface area contributed by atoms with E-state index in [-0.39, 0.29) is 30.3 Å². The lowest BCUT2D eigenvalue weighted by Gasteiger charge is -2.31. The van der Waals surface area contributed by atoms with Crippen LogP contribution in [0.1, 0.15) is 63.0 Å². The van der Waals surface area contributed by atoms with Crippen molar-refractivity contribution in [2.45, 2.75) is 51.6 Å². The molecule has 0 spiro atoms. The SMILES string of the molecule is CC(=O)Nc1ccc(C2C(C(=O)c3cc(C)sc3C)C(c3ccc4c(c3)OCO4)N(C(=O)C3CC3)C2C(N)=O)cc1. The molecule has 2 fully saturated rings. The Kier molecular flexibility index (Phi) is 6.81. The molecule has 3 aromatic rings. The molecule has 212 valence electrons. The highest BCUT2D eigenvalue weighted by atomic mass is 32.1. The topological polar surface area (TPSA) is 128 Å². The van der Waals surface area contributed by atoms with Crippen LogP contribution >= 0.6 is 11.3 Å². The Balaban J connectivity index is 1.55. The standard InChI is InChI=1S/C31H31N3O6S/c1-15-12-22(16(2)41-15)29(36)26-25(18-6-9-21(10-7-18)33-17(3)35)28(30(32)37)34(31(38)19-4-5-19)27(26)20-8-11-23-24(13-20)40-14-39-23/h6-13,19,25-28H,4-5,14H2,1-3H3,(H2,32,37)(H,33,35). The van der Waals surface area contributed by atoms with Gasteiger partial charge in [0, 0.05) is 39.8 Å². The third-order valence-corrected chi connectivity index (χ3v) is 9.07. The number of primary amides is 1. The van der Waals surface area contributed by atoms with Crippen molar-refractivity contribution >= 4 is 40.5 Å². The van der Waals surface area contributed by atoms with Crippen molar-refractivity contribution in [3.8, 4) is 11.5 Å². The average Bonchev–Trinajstić information content (AvgIpc) is 3.42. The molecule has 10 heteroatoms. The highest BCUT2D eigenvalue weighted by molar-refractivity contribution is 7.12. The fourth-order valence-corrected chi connectivity index (χ4v) is 7.18. The van der Waals surface area contributed by atoms with E-state index in [0.717, 1.165) is 22.6 Å². The van der Waals surface area contributed by atoms with Gasteiger partial charge in [-0.15, -0.1) is 11.3 Å². The number of ketones is 1. The second-order valence-corrected chi connectivity index (χ2v) is 12.4. The molecule has 2 aromatic carbocycles. The van der Waals surface area contributed by atoms with Gasteiger partial charge in [-0.25, -0.2) is 0 Å². The third kappa shape index (κ3) is 4.86. The summed E-state index contributed by atoms with van der Waals surface area (Å²) in [5.74, 6) is -1.85. The number of Topliss-reactive ketones (excluding diaryl/α,β-unsaturated/α-hetero) is 1. The minimum absolute atomic E-state index is 0.0804. The number of nitrogens with zero attached hydrogens (tertiary/aromatic N) is 1. The average molecular weight is 574 g/mol. The summed E-state index contributed by atoms with van der Waals surface area (Å²) >= 11 is 1.53. The van der Waals surface area contributed by atoms with Crippen molar-refractivity contribution in [3.63, 3.8) is 0 Å². The smallest absolute Gasteiger partial charge is 0.240 e. The Morgan fingerprint density at radius 1 is 0.951 bits per heavy atom. The lowest BCUT2D eigenvalue weighted by Crippen LogP contribution is -2.47. The van der Waals surface area contributed by atoms with Crippen molar-refractivity contribution < 1.29 is 28.7 Å². The van der Waals surface area contributed by atoms with Crippen LogP contribution in [0, 0.1) is 25.7 Å². The first kappa shape index (κ1) is 27.0. The van der Waals surface area contributed by atoms with E-state index in [1.165, 1.54) is 18.3 Å². The number of nitrogens with one attached hydrogen (secondary N) is 1. The molecule has 0 radical (unpaired) electrons.